The largest absolute Gasteiger partial charge is 0.394 e. The Hall–Kier alpha value is -1.97. The summed E-state index contributed by atoms with van der Waals surface area (Å²) >= 11 is 0. The van der Waals surface area contributed by atoms with Gasteiger partial charge in [-0.05, 0) is 36.8 Å². The predicted molar refractivity (Wildman–Crippen MR) is 103 cm³/mol. The summed E-state index contributed by atoms with van der Waals surface area (Å²) in [5, 5.41) is 38.3. The molecule has 5 atom stereocenters. The Labute approximate surface area is 165 Å². The molecule has 0 aliphatic carbocycles. The summed E-state index contributed by atoms with van der Waals surface area (Å²) in [6, 6.07) is 0. The molecule has 1 saturated heterocycles. The first-order valence-corrected chi connectivity index (χ1v) is 9.26. The molecule has 0 aromatic carbocycles. The Bertz CT molecular complexity index is 645. The number of allylic oxidation sites excluding steroid dienone is 4. The lowest BCUT2D eigenvalue weighted by molar-refractivity contribution is -0.300. The Kier molecular flexibility index (Phi) is 12.1. The Morgan fingerprint density at radius 3 is 2.36 bits per heavy atom. The summed E-state index contributed by atoms with van der Waals surface area (Å²) in [6.45, 7) is 1.49. The van der Waals surface area contributed by atoms with E-state index in [1.807, 2.05) is 13.0 Å². The maximum atomic E-state index is 11.8. The maximum Gasteiger partial charge on any atom is 0.186 e. The van der Waals surface area contributed by atoms with Crippen LogP contribution in [0, 0.1) is 23.7 Å². The third kappa shape index (κ3) is 8.81. The second kappa shape index (κ2) is 14.1. The molecule has 1 fully saturated rings. The topological polar surface area (TPSA) is 116 Å². The van der Waals surface area contributed by atoms with Crippen molar-refractivity contribution >= 4 is 5.78 Å². The Balaban J connectivity index is 2.24. The van der Waals surface area contributed by atoms with Crippen molar-refractivity contribution in [1.82, 2.24) is 0 Å². The average molecular weight is 392 g/mol. The van der Waals surface area contributed by atoms with Gasteiger partial charge in [0.15, 0.2) is 6.29 Å². The molecule has 4 N–H and O–H groups in total. The van der Waals surface area contributed by atoms with Crippen molar-refractivity contribution in [3.05, 3.63) is 24.3 Å². The van der Waals surface area contributed by atoms with Crippen LogP contribution in [0.1, 0.15) is 32.6 Å². The van der Waals surface area contributed by atoms with E-state index in [2.05, 4.69) is 23.7 Å². The first-order chi connectivity index (χ1) is 13.5. The molecule has 1 aliphatic heterocycles. The van der Waals surface area contributed by atoms with Crippen LogP contribution < -0.4 is 0 Å². The summed E-state index contributed by atoms with van der Waals surface area (Å²) in [4.78, 5) is 11.8. The zero-order valence-electron chi connectivity index (χ0n) is 16.0. The van der Waals surface area contributed by atoms with Crippen LogP contribution in [0.2, 0.25) is 0 Å². The van der Waals surface area contributed by atoms with Gasteiger partial charge in [0.1, 0.15) is 30.2 Å². The molecule has 1 aliphatic rings. The van der Waals surface area contributed by atoms with Crippen LogP contribution >= 0.6 is 0 Å². The van der Waals surface area contributed by atoms with Crippen molar-refractivity contribution < 1.29 is 34.7 Å². The average Bonchev–Trinajstić information content (AvgIpc) is 2.69. The number of aliphatic hydroxyl groups is 4. The summed E-state index contributed by atoms with van der Waals surface area (Å²) in [6.07, 6.45) is 2.40. The van der Waals surface area contributed by atoms with E-state index < -0.39 is 37.3 Å². The lowest BCUT2D eigenvalue weighted by Crippen LogP contribution is -2.59. The number of aliphatic hydroxyl groups excluding tert-OH is 4. The van der Waals surface area contributed by atoms with Crippen molar-refractivity contribution in [2.75, 3.05) is 13.2 Å². The van der Waals surface area contributed by atoms with E-state index in [1.54, 1.807) is 18.2 Å². The zero-order chi connectivity index (χ0) is 20.8. The first-order valence-electron chi connectivity index (χ1n) is 9.26. The maximum absolute atomic E-state index is 11.8. The van der Waals surface area contributed by atoms with Crippen LogP contribution in [0.3, 0.4) is 0 Å². The predicted octanol–water partition coefficient (Wildman–Crippen LogP) is 0.0715. The van der Waals surface area contributed by atoms with Crippen LogP contribution in [-0.4, -0.2) is 70.1 Å². The second-order valence-electron chi connectivity index (χ2n) is 6.15. The molecule has 0 aromatic rings. The van der Waals surface area contributed by atoms with Crippen LogP contribution in [0.4, 0.5) is 0 Å². The number of rotatable bonds is 9. The lowest BCUT2D eigenvalue weighted by Gasteiger charge is -2.39. The van der Waals surface area contributed by atoms with Crippen molar-refractivity contribution in [3.8, 4) is 23.7 Å². The minimum absolute atomic E-state index is 0.00802. The van der Waals surface area contributed by atoms with E-state index in [1.165, 1.54) is 0 Å². The molecule has 0 saturated carbocycles. The van der Waals surface area contributed by atoms with Crippen molar-refractivity contribution in [1.29, 1.82) is 0 Å². The highest BCUT2D eigenvalue weighted by molar-refractivity contribution is 5.78. The van der Waals surface area contributed by atoms with Gasteiger partial charge in [0.2, 0.25) is 0 Å². The lowest BCUT2D eigenvalue weighted by atomic mass is 9.99. The fraction of sp³-hybridized carbons (Fsp3) is 0.571. The molecule has 28 heavy (non-hydrogen) atoms. The molecular weight excluding hydrogens is 364 g/mol. The van der Waals surface area contributed by atoms with E-state index in [0.717, 1.165) is 6.42 Å². The smallest absolute Gasteiger partial charge is 0.186 e. The van der Waals surface area contributed by atoms with Crippen LogP contribution in [-0.2, 0) is 14.3 Å². The molecule has 1 heterocycles. The van der Waals surface area contributed by atoms with Gasteiger partial charge in [0, 0.05) is 12.8 Å². The molecule has 7 heteroatoms. The Morgan fingerprint density at radius 1 is 1.04 bits per heavy atom. The molecule has 0 aromatic heterocycles. The van der Waals surface area contributed by atoms with Crippen LogP contribution in [0.5, 0.6) is 0 Å². The number of hydrogen-bond acceptors (Lipinski definition) is 7. The SMILES string of the molecule is CCC=CC#CC#CC=CCCC(=O)CCO[C@@H]1O[C@H](CO)[C@@H](O)[C@H](O)[C@H]1O. The Morgan fingerprint density at radius 2 is 1.71 bits per heavy atom. The molecule has 154 valence electrons. The molecule has 0 amide bonds. The number of carbonyl (C=O) groups is 1. The molecule has 0 spiro atoms. The van der Waals surface area contributed by atoms with Gasteiger partial charge in [-0.2, -0.15) is 0 Å². The van der Waals surface area contributed by atoms with E-state index in [4.69, 9.17) is 14.6 Å². The minimum Gasteiger partial charge on any atom is -0.394 e. The van der Waals surface area contributed by atoms with Gasteiger partial charge in [0.05, 0.1) is 13.2 Å². The highest BCUT2D eigenvalue weighted by atomic mass is 16.7. The van der Waals surface area contributed by atoms with Gasteiger partial charge < -0.3 is 29.9 Å². The number of carbonyl (C=O) groups excluding carboxylic acids is 1. The number of ether oxygens (including phenoxy) is 2. The molecule has 7 nitrogen and oxygen atoms in total. The monoisotopic (exact) mass is 392 g/mol. The molecule has 0 unspecified atom stereocenters. The molecule has 1 rings (SSSR count). The highest BCUT2D eigenvalue weighted by Gasteiger charge is 2.43. The van der Waals surface area contributed by atoms with E-state index in [-0.39, 0.29) is 18.8 Å². The standard InChI is InChI=1S/C21H28O7/c1-2-3-4-5-6-7-8-9-10-11-12-16(23)13-14-27-21-20(26)19(25)18(24)17(15-22)28-21/h3-4,9-10,17-22,24-26H,2,11-15H2,1H3/t17-,18-,19+,20-,21-/m1/s1. The summed E-state index contributed by atoms with van der Waals surface area (Å²) in [5.41, 5.74) is 0. The third-order valence-electron chi connectivity index (χ3n) is 3.95. The van der Waals surface area contributed by atoms with Gasteiger partial charge in [-0.3, -0.25) is 4.79 Å². The van der Waals surface area contributed by atoms with Crippen molar-refractivity contribution in [2.24, 2.45) is 0 Å². The van der Waals surface area contributed by atoms with Crippen molar-refractivity contribution in [3.63, 3.8) is 0 Å². The van der Waals surface area contributed by atoms with E-state index >= 15 is 0 Å². The van der Waals surface area contributed by atoms with Crippen molar-refractivity contribution in [2.45, 2.75) is 63.3 Å². The molecule has 0 bridgehead atoms. The van der Waals surface area contributed by atoms with Crippen LogP contribution in [0.25, 0.3) is 0 Å². The fourth-order valence-corrected chi connectivity index (χ4v) is 2.34. The van der Waals surface area contributed by atoms with Crippen LogP contribution in [0.15, 0.2) is 24.3 Å². The van der Waals surface area contributed by atoms with E-state index in [9.17, 15) is 20.1 Å². The number of Topliss-reactive ketones (excluding diaryl/α,β-unsaturated/α-hetero) is 1. The quantitative estimate of drug-likeness (QED) is 0.410. The first kappa shape index (κ1) is 24.1. The summed E-state index contributed by atoms with van der Waals surface area (Å²) in [5.74, 6) is 10.9. The van der Waals surface area contributed by atoms with E-state index in [0.29, 0.717) is 12.8 Å². The van der Waals surface area contributed by atoms with Gasteiger partial charge >= 0.3 is 0 Å². The number of hydrogen-bond donors (Lipinski definition) is 4. The summed E-state index contributed by atoms with van der Waals surface area (Å²) in [7, 11) is 0. The normalized spacial score (nSPS) is 27.2. The highest BCUT2D eigenvalue weighted by Crippen LogP contribution is 2.22. The summed E-state index contributed by atoms with van der Waals surface area (Å²) < 4.78 is 10.5. The van der Waals surface area contributed by atoms with Gasteiger partial charge in [-0.1, -0.05) is 30.9 Å². The molecular formula is C21H28O7. The van der Waals surface area contributed by atoms with Gasteiger partial charge in [0.25, 0.3) is 0 Å². The third-order valence-corrected chi connectivity index (χ3v) is 3.95. The fourth-order valence-electron chi connectivity index (χ4n) is 2.34. The van der Waals surface area contributed by atoms with Gasteiger partial charge in [-0.15, -0.1) is 0 Å². The minimum atomic E-state index is -1.50. The zero-order valence-corrected chi connectivity index (χ0v) is 16.0. The number of ketones is 1. The molecule has 0 radical (unpaired) electrons. The second-order valence-corrected chi connectivity index (χ2v) is 6.15. The van der Waals surface area contributed by atoms with Gasteiger partial charge in [-0.25, -0.2) is 0 Å².